The van der Waals surface area contributed by atoms with Gasteiger partial charge in [0, 0.05) is 37.3 Å². The highest BCUT2D eigenvalue weighted by molar-refractivity contribution is 7.92. The normalized spacial score (nSPS) is 27.3. The number of carbonyl (C=O) groups is 2. The zero-order valence-electron chi connectivity index (χ0n) is 24.6. The minimum absolute atomic E-state index is 0.163. The second kappa shape index (κ2) is 10.8. The van der Waals surface area contributed by atoms with E-state index in [9.17, 15) is 53.8 Å². The van der Waals surface area contributed by atoms with E-state index in [0.29, 0.717) is 6.07 Å². The van der Waals surface area contributed by atoms with Crippen LogP contribution < -0.4 is 4.90 Å². The first kappa shape index (κ1) is 33.9. The molecule has 0 bridgehead atoms. The van der Waals surface area contributed by atoms with Crippen molar-refractivity contribution >= 4 is 27.4 Å². The fourth-order valence-corrected chi connectivity index (χ4v) is 9.48. The lowest BCUT2D eigenvalue weighted by Crippen LogP contribution is -2.58. The summed E-state index contributed by atoms with van der Waals surface area (Å²) in [5.41, 5.74) is -9.24. The van der Waals surface area contributed by atoms with E-state index in [4.69, 9.17) is 0 Å². The number of nitrogens with zero attached hydrogens (tertiary/aromatic N) is 2. The zero-order valence-corrected chi connectivity index (χ0v) is 25.4. The number of fused-ring (bicyclic) bond motifs is 3. The quantitative estimate of drug-likeness (QED) is 0.302. The van der Waals surface area contributed by atoms with Crippen LogP contribution in [0, 0.1) is 17.2 Å². The zero-order chi connectivity index (χ0) is 34.3. The largest absolute Gasteiger partial charge is 0.481 e. The lowest BCUT2D eigenvalue weighted by molar-refractivity contribution is -0.348. The summed E-state index contributed by atoms with van der Waals surface area (Å²) < 4.78 is 138. The van der Waals surface area contributed by atoms with Crippen LogP contribution in [0.25, 0.3) is 0 Å². The Kier molecular flexibility index (Phi) is 7.97. The number of likely N-dealkylation sites (tertiary alicyclic amines) is 1. The molecule has 2 heterocycles. The van der Waals surface area contributed by atoms with E-state index in [2.05, 4.69) is 0 Å². The highest BCUT2D eigenvalue weighted by atomic mass is 32.2. The number of carboxylic acids is 1. The van der Waals surface area contributed by atoms with Gasteiger partial charge in [0.25, 0.3) is 0 Å². The van der Waals surface area contributed by atoms with E-state index in [-0.39, 0.29) is 56.8 Å². The van der Waals surface area contributed by atoms with Crippen LogP contribution in [0.4, 0.5) is 40.8 Å². The number of likely N-dealkylation sites (N-methyl/N-ethyl adjacent to an activating group) is 1. The summed E-state index contributed by atoms with van der Waals surface area (Å²) in [5, 5.41) is 9.58. The number of amides is 1. The van der Waals surface area contributed by atoms with Gasteiger partial charge in [-0.15, -0.1) is 0 Å². The van der Waals surface area contributed by atoms with E-state index < -0.39 is 83.8 Å². The molecule has 46 heavy (non-hydrogen) atoms. The maximum Gasteiger partial charge on any atom is 0.435 e. The molecule has 5 rings (SSSR count). The van der Waals surface area contributed by atoms with Crippen molar-refractivity contribution in [3.05, 3.63) is 59.4 Å². The molecule has 2 aromatic rings. The highest BCUT2D eigenvalue weighted by Crippen LogP contribution is 2.58. The van der Waals surface area contributed by atoms with Crippen molar-refractivity contribution in [3.63, 3.8) is 0 Å². The number of hydrogen-bond acceptors (Lipinski definition) is 5. The van der Waals surface area contributed by atoms with Crippen LogP contribution in [0.3, 0.4) is 0 Å². The second-order valence-corrected chi connectivity index (χ2v) is 14.8. The summed E-state index contributed by atoms with van der Waals surface area (Å²) in [6.07, 6.45) is -12.4. The van der Waals surface area contributed by atoms with E-state index in [1.807, 2.05) is 0 Å². The first-order valence-electron chi connectivity index (χ1n) is 14.3. The van der Waals surface area contributed by atoms with Crippen LogP contribution in [0.1, 0.15) is 50.2 Å². The Morgan fingerprint density at radius 2 is 1.48 bits per heavy atom. The average molecular weight is 683 g/mol. The first-order valence-corrected chi connectivity index (χ1v) is 15.8. The molecular formula is C30H30F8N2O5S. The van der Waals surface area contributed by atoms with Crippen molar-refractivity contribution in [1.82, 2.24) is 4.90 Å². The Bertz CT molecular complexity index is 1640. The lowest BCUT2D eigenvalue weighted by atomic mass is 9.71. The number of rotatable bonds is 5. The number of benzene rings is 2. The molecule has 2 aromatic carbocycles. The van der Waals surface area contributed by atoms with Crippen LogP contribution in [-0.4, -0.2) is 68.8 Å². The monoisotopic (exact) mass is 682 g/mol. The molecule has 0 aromatic heterocycles. The van der Waals surface area contributed by atoms with Crippen molar-refractivity contribution in [2.45, 2.75) is 72.7 Å². The third-order valence-electron chi connectivity index (χ3n) is 9.97. The summed E-state index contributed by atoms with van der Waals surface area (Å²) in [6.45, 7) is 1.04. The first-order chi connectivity index (χ1) is 21.1. The number of alkyl halides is 7. The number of sulfone groups is 1. The van der Waals surface area contributed by atoms with Gasteiger partial charge in [0.2, 0.25) is 5.91 Å². The van der Waals surface area contributed by atoms with Gasteiger partial charge in [0.1, 0.15) is 10.6 Å². The molecule has 0 spiro atoms. The minimum Gasteiger partial charge on any atom is -0.481 e. The van der Waals surface area contributed by atoms with Crippen molar-refractivity contribution < 1.29 is 58.2 Å². The number of carboxylic acid groups (broad SMARTS) is 1. The standard InChI is InChI=1S/C30H30F8N2O5S/c1-26(25(42)43)11-9-17(10-12-26)24(41)40-14-13-27(46(44,45)20-6-4-19(31)5-7-20)21-8-3-18(15-22(21)39(2)16-23(27)40)28(32,29(33,34)35)30(36,37)38/h3-8,15,17,23H,9-14,16H2,1-2H3,(H,42,43)/t17-,23?,26-,27?. The number of anilines is 1. The van der Waals surface area contributed by atoms with Crippen molar-refractivity contribution in [2.24, 2.45) is 11.3 Å². The number of aliphatic carboxylic acids is 1. The van der Waals surface area contributed by atoms with E-state index >= 15 is 4.39 Å². The maximum absolute atomic E-state index is 15.1. The van der Waals surface area contributed by atoms with Gasteiger partial charge >= 0.3 is 24.0 Å². The highest BCUT2D eigenvalue weighted by Gasteiger charge is 2.74. The van der Waals surface area contributed by atoms with Crippen LogP contribution in [0.2, 0.25) is 0 Å². The fraction of sp³-hybridized carbons (Fsp3) is 0.533. The van der Waals surface area contributed by atoms with E-state index in [1.54, 1.807) is 6.92 Å². The Morgan fingerprint density at radius 1 is 0.913 bits per heavy atom. The van der Waals surface area contributed by atoms with Crippen LogP contribution >= 0.6 is 0 Å². The molecule has 2 fully saturated rings. The Hall–Kier alpha value is -3.43. The summed E-state index contributed by atoms with van der Waals surface area (Å²) in [6, 6.07) is 3.83. The van der Waals surface area contributed by atoms with Gasteiger partial charge in [-0.2, -0.15) is 26.3 Å². The van der Waals surface area contributed by atoms with Crippen molar-refractivity contribution in [3.8, 4) is 0 Å². The van der Waals surface area contributed by atoms with Gasteiger partial charge in [-0.3, -0.25) is 9.59 Å². The van der Waals surface area contributed by atoms with Crippen LogP contribution in [0.15, 0.2) is 47.4 Å². The average Bonchev–Trinajstić information content (AvgIpc) is 3.36. The fourth-order valence-electron chi connectivity index (χ4n) is 7.18. The molecule has 1 aliphatic carbocycles. The molecule has 1 saturated heterocycles. The molecule has 16 heteroatoms. The Morgan fingerprint density at radius 3 is 2.00 bits per heavy atom. The summed E-state index contributed by atoms with van der Waals surface area (Å²) in [4.78, 5) is 27.8. The molecule has 2 atom stereocenters. The number of halogens is 8. The molecule has 0 radical (unpaired) electrons. The summed E-state index contributed by atoms with van der Waals surface area (Å²) in [7, 11) is -3.37. The number of carbonyl (C=O) groups excluding carboxylic acids is 1. The van der Waals surface area contributed by atoms with Crippen LogP contribution in [-0.2, 0) is 29.8 Å². The molecule has 1 N–H and O–H groups in total. The van der Waals surface area contributed by atoms with E-state index in [0.717, 1.165) is 30.3 Å². The molecule has 3 aliphatic rings. The maximum atomic E-state index is 15.1. The van der Waals surface area contributed by atoms with Gasteiger partial charge in [0.05, 0.1) is 16.4 Å². The molecule has 1 saturated carbocycles. The molecule has 2 aliphatic heterocycles. The predicted molar refractivity (Wildman–Crippen MR) is 148 cm³/mol. The third kappa shape index (κ3) is 4.84. The number of hydrogen-bond donors (Lipinski definition) is 1. The van der Waals surface area contributed by atoms with Crippen molar-refractivity contribution in [2.75, 3.05) is 25.0 Å². The summed E-state index contributed by atoms with van der Waals surface area (Å²) in [5.74, 6) is -2.90. The van der Waals surface area contributed by atoms with E-state index in [1.165, 1.54) is 16.8 Å². The molecular weight excluding hydrogens is 652 g/mol. The minimum atomic E-state index is -6.40. The topological polar surface area (TPSA) is 95.0 Å². The molecule has 252 valence electrons. The SMILES string of the molecule is CN1CC2N(C(=O)[C@H]3CC[C@](C)(C(=O)O)CC3)CCC2(S(=O)(=O)c2ccc(F)cc2)c2ccc(C(F)(C(F)(F)F)C(F)(F)F)cc21. The van der Waals surface area contributed by atoms with Gasteiger partial charge in [-0.1, -0.05) is 12.1 Å². The van der Waals surface area contributed by atoms with Gasteiger partial charge in [-0.05, 0) is 74.9 Å². The van der Waals surface area contributed by atoms with Gasteiger partial charge in [-0.25, -0.2) is 17.2 Å². The second-order valence-electron chi connectivity index (χ2n) is 12.6. The Labute approximate surface area is 259 Å². The van der Waals surface area contributed by atoms with Crippen molar-refractivity contribution in [1.29, 1.82) is 0 Å². The third-order valence-corrected chi connectivity index (χ3v) is 12.5. The van der Waals surface area contributed by atoms with Gasteiger partial charge in [0.15, 0.2) is 9.84 Å². The summed E-state index contributed by atoms with van der Waals surface area (Å²) >= 11 is 0. The van der Waals surface area contributed by atoms with Crippen LogP contribution in [0.5, 0.6) is 0 Å². The van der Waals surface area contributed by atoms with Gasteiger partial charge < -0.3 is 14.9 Å². The predicted octanol–water partition coefficient (Wildman–Crippen LogP) is 6.12. The smallest absolute Gasteiger partial charge is 0.435 e. The Balaban J connectivity index is 1.65. The molecule has 1 amide bonds. The lowest BCUT2D eigenvalue weighted by Gasteiger charge is -2.47. The molecule has 2 unspecified atom stereocenters. The molecule has 7 nitrogen and oxygen atoms in total.